The molecule has 0 spiro atoms. The number of ketones is 1. The van der Waals surface area contributed by atoms with Crippen LogP contribution in [0.1, 0.15) is 22.3 Å². The van der Waals surface area contributed by atoms with E-state index in [4.69, 9.17) is 4.74 Å². The summed E-state index contributed by atoms with van der Waals surface area (Å²) in [6, 6.07) is 10.9. The van der Waals surface area contributed by atoms with E-state index >= 15 is 0 Å². The molecule has 0 radical (unpaired) electrons. The highest BCUT2D eigenvalue weighted by Crippen LogP contribution is 2.26. The number of non-ortho nitro benzene ring substituents is 1. The summed E-state index contributed by atoms with van der Waals surface area (Å²) >= 11 is 0. The largest absolute Gasteiger partial charge is 0.484 e. The number of benzene rings is 2. The number of hydrogen-bond donors (Lipinski definition) is 0. The molecule has 0 unspecified atom stereocenters. The minimum absolute atomic E-state index is 0.0338. The molecule has 0 bridgehead atoms. The van der Waals surface area contributed by atoms with Crippen LogP contribution in [0.25, 0.3) is 0 Å². The molecule has 0 heterocycles. The Balaban J connectivity index is 1.62. The molecule has 0 saturated carbocycles. The average Bonchev–Trinajstić information content (AvgIpc) is 2.99. The fourth-order valence-electron chi connectivity index (χ4n) is 2.71. The molecular weight excluding hydrogens is 324 g/mol. The highest BCUT2D eigenvalue weighted by atomic mass is 16.6. The summed E-state index contributed by atoms with van der Waals surface area (Å²) < 4.78 is 5.52. The normalized spacial score (nSPS) is 12.6. The number of nitro benzene ring substituents is 1. The first-order valence-electron chi connectivity index (χ1n) is 7.75. The Hall–Kier alpha value is -3.22. The molecule has 128 valence electrons. The van der Waals surface area contributed by atoms with Gasteiger partial charge in [0.2, 0.25) is 0 Å². The van der Waals surface area contributed by atoms with Crippen molar-refractivity contribution >= 4 is 23.1 Å². The van der Waals surface area contributed by atoms with Crippen LogP contribution in [-0.2, 0) is 11.2 Å². The Morgan fingerprint density at radius 2 is 1.92 bits per heavy atom. The number of carbonyl (C=O) groups excluding carboxylic acids is 2. The van der Waals surface area contributed by atoms with Crippen LogP contribution in [0.3, 0.4) is 0 Å². The van der Waals surface area contributed by atoms with Crippen LogP contribution in [0.4, 0.5) is 11.4 Å². The van der Waals surface area contributed by atoms with Crippen LogP contribution in [0.5, 0.6) is 5.75 Å². The predicted octanol–water partition coefficient (Wildman–Crippen LogP) is 2.77. The zero-order valence-corrected chi connectivity index (χ0v) is 13.6. The monoisotopic (exact) mass is 340 g/mol. The van der Waals surface area contributed by atoms with Crippen molar-refractivity contribution in [1.82, 2.24) is 0 Å². The molecule has 7 heteroatoms. The number of Topliss-reactive ketones (excluding diaryl/α,β-unsaturated/α-hetero) is 1. The molecule has 0 aliphatic heterocycles. The third kappa shape index (κ3) is 3.50. The molecule has 3 rings (SSSR count). The Labute approximate surface area is 144 Å². The van der Waals surface area contributed by atoms with Gasteiger partial charge in [-0.2, -0.15) is 0 Å². The molecule has 2 aromatic rings. The molecule has 1 amide bonds. The number of rotatable bonds is 5. The zero-order chi connectivity index (χ0) is 18.0. The Bertz CT molecular complexity index is 845. The molecular formula is C18H16N2O5. The lowest BCUT2D eigenvalue weighted by atomic mass is 10.1. The molecule has 0 N–H and O–H groups in total. The van der Waals surface area contributed by atoms with Crippen molar-refractivity contribution in [3.63, 3.8) is 0 Å². The summed E-state index contributed by atoms with van der Waals surface area (Å²) in [6.07, 6.45) is 1.21. The van der Waals surface area contributed by atoms with Crippen molar-refractivity contribution in [2.75, 3.05) is 18.6 Å². The lowest BCUT2D eigenvalue weighted by Crippen LogP contribution is -2.31. The van der Waals surface area contributed by atoms with E-state index in [-0.39, 0.29) is 24.0 Å². The maximum atomic E-state index is 12.2. The van der Waals surface area contributed by atoms with E-state index in [9.17, 15) is 19.7 Å². The highest BCUT2D eigenvalue weighted by molar-refractivity contribution is 6.00. The molecule has 0 aromatic heterocycles. The van der Waals surface area contributed by atoms with Crippen molar-refractivity contribution in [2.45, 2.75) is 12.8 Å². The summed E-state index contributed by atoms with van der Waals surface area (Å²) in [6.45, 7) is -0.166. The minimum Gasteiger partial charge on any atom is -0.484 e. The first-order valence-corrected chi connectivity index (χ1v) is 7.75. The van der Waals surface area contributed by atoms with Gasteiger partial charge in [-0.15, -0.1) is 0 Å². The summed E-state index contributed by atoms with van der Waals surface area (Å²) in [5.41, 5.74) is 2.17. The van der Waals surface area contributed by atoms with Crippen LogP contribution < -0.4 is 9.64 Å². The third-order valence-corrected chi connectivity index (χ3v) is 4.18. The van der Waals surface area contributed by atoms with Gasteiger partial charge in [-0.3, -0.25) is 19.7 Å². The number of likely N-dealkylation sites (N-methyl/N-ethyl adjacent to an activating group) is 1. The van der Waals surface area contributed by atoms with Gasteiger partial charge >= 0.3 is 0 Å². The molecule has 2 aromatic carbocycles. The first kappa shape index (κ1) is 16.6. The summed E-state index contributed by atoms with van der Waals surface area (Å²) in [7, 11) is 1.58. The van der Waals surface area contributed by atoms with E-state index in [0.717, 1.165) is 11.1 Å². The van der Waals surface area contributed by atoms with Crippen molar-refractivity contribution in [3.8, 4) is 5.75 Å². The van der Waals surface area contributed by atoms with Crippen molar-refractivity contribution in [3.05, 3.63) is 63.7 Å². The van der Waals surface area contributed by atoms with Gasteiger partial charge in [0.15, 0.2) is 12.4 Å². The fourth-order valence-corrected chi connectivity index (χ4v) is 2.71. The second-order valence-corrected chi connectivity index (χ2v) is 5.76. The van der Waals surface area contributed by atoms with Gasteiger partial charge in [0, 0.05) is 36.9 Å². The Morgan fingerprint density at radius 1 is 1.20 bits per heavy atom. The fraction of sp³-hybridized carbons (Fsp3) is 0.222. The van der Waals surface area contributed by atoms with E-state index < -0.39 is 4.92 Å². The molecule has 25 heavy (non-hydrogen) atoms. The van der Waals surface area contributed by atoms with Gasteiger partial charge in [0.25, 0.3) is 11.6 Å². The number of nitro groups is 1. The number of hydrogen-bond acceptors (Lipinski definition) is 5. The minimum atomic E-state index is -0.493. The van der Waals surface area contributed by atoms with Gasteiger partial charge in [0.1, 0.15) is 5.75 Å². The average molecular weight is 340 g/mol. The Kier molecular flexibility index (Phi) is 4.47. The molecule has 0 fully saturated rings. The standard InChI is InChI=1S/C18H16N2O5/c1-19(13-3-5-14(6-4-13)20(23)24)18(22)11-25-15-7-8-16-12(10-15)2-9-17(16)21/h3-8,10H,2,9,11H2,1H3. The van der Waals surface area contributed by atoms with Crippen LogP contribution >= 0.6 is 0 Å². The van der Waals surface area contributed by atoms with E-state index in [2.05, 4.69) is 0 Å². The number of anilines is 1. The number of fused-ring (bicyclic) bond motifs is 1. The van der Waals surface area contributed by atoms with Crippen molar-refractivity contribution < 1.29 is 19.2 Å². The van der Waals surface area contributed by atoms with Gasteiger partial charge in [-0.1, -0.05) is 0 Å². The molecule has 1 aliphatic carbocycles. The topological polar surface area (TPSA) is 89.8 Å². The third-order valence-electron chi connectivity index (χ3n) is 4.18. The second-order valence-electron chi connectivity index (χ2n) is 5.76. The number of amides is 1. The maximum Gasteiger partial charge on any atom is 0.269 e. The van der Waals surface area contributed by atoms with E-state index in [1.54, 1.807) is 25.2 Å². The van der Waals surface area contributed by atoms with E-state index in [0.29, 0.717) is 24.3 Å². The van der Waals surface area contributed by atoms with Gasteiger partial charge in [-0.05, 0) is 42.3 Å². The van der Waals surface area contributed by atoms with Crippen LogP contribution in [0.15, 0.2) is 42.5 Å². The molecule has 0 atom stereocenters. The molecule has 7 nitrogen and oxygen atoms in total. The zero-order valence-electron chi connectivity index (χ0n) is 13.6. The molecule has 0 saturated heterocycles. The highest BCUT2D eigenvalue weighted by Gasteiger charge is 2.20. The number of aryl methyl sites for hydroxylation is 1. The van der Waals surface area contributed by atoms with Gasteiger partial charge in [-0.25, -0.2) is 0 Å². The van der Waals surface area contributed by atoms with E-state index in [1.807, 2.05) is 0 Å². The van der Waals surface area contributed by atoms with Gasteiger partial charge < -0.3 is 9.64 Å². The van der Waals surface area contributed by atoms with Crippen molar-refractivity contribution in [1.29, 1.82) is 0 Å². The first-order chi connectivity index (χ1) is 12.0. The van der Waals surface area contributed by atoms with Crippen LogP contribution in [-0.4, -0.2) is 30.3 Å². The lowest BCUT2D eigenvalue weighted by Gasteiger charge is -2.17. The van der Waals surface area contributed by atoms with Crippen LogP contribution in [0.2, 0.25) is 0 Å². The number of nitrogens with zero attached hydrogens (tertiary/aromatic N) is 2. The quantitative estimate of drug-likeness (QED) is 0.617. The SMILES string of the molecule is CN(C(=O)COc1ccc2c(c1)CCC2=O)c1ccc([N+](=O)[O-])cc1. The second kappa shape index (κ2) is 6.72. The Morgan fingerprint density at radius 3 is 2.60 bits per heavy atom. The number of ether oxygens (including phenoxy) is 1. The summed E-state index contributed by atoms with van der Waals surface area (Å²) in [4.78, 5) is 35.4. The summed E-state index contributed by atoms with van der Waals surface area (Å²) in [5, 5.41) is 10.7. The lowest BCUT2D eigenvalue weighted by molar-refractivity contribution is -0.384. The smallest absolute Gasteiger partial charge is 0.269 e. The summed E-state index contributed by atoms with van der Waals surface area (Å²) in [5.74, 6) is 0.389. The predicted molar refractivity (Wildman–Crippen MR) is 91.1 cm³/mol. The van der Waals surface area contributed by atoms with Crippen LogP contribution in [0, 0.1) is 10.1 Å². The van der Waals surface area contributed by atoms with E-state index in [1.165, 1.54) is 29.2 Å². The number of carbonyl (C=O) groups is 2. The maximum absolute atomic E-state index is 12.2. The molecule has 1 aliphatic rings. The van der Waals surface area contributed by atoms with Gasteiger partial charge in [0.05, 0.1) is 4.92 Å². The van der Waals surface area contributed by atoms with Crippen molar-refractivity contribution in [2.24, 2.45) is 0 Å².